The molecule has 0 atom stereocenters. The lowest BCUT2D eigenvalue weighted by Crippen LogP contribution is -2.10. The van der Waals surface area contributed by atoms with Gasteiger partial charge in [-0.05, 0) is 31.0 Å². The number of carbonyl (C=O) groups is 1. The second-order valence-corrected chi connectivity index (χ2v) is 4.12. The molecule has 0 bridgehead atoms. The molecule has 0 fully saturated rings. The van der Waals surface area contributed by atoms with Crippen molar-refractivity contribution >= 4 is 16.9 Å². The molecular weight excluding hydrogens is 221 g/mol. The summed E-state index contributed by atoms with van der Waals surface area (Å²) in [5.41, 5.74) is 2.38. The predicted molar refractivity (Wildman–Crippen MR) is 61.6 cm³/mol. The van der Waals surface area contributed by atoms with Gasteiger partial charge in [0.05, 0.1) is 12.1 Å². The molecule has 0 spiro atoms. The zero-order valence-corrected chi connectivity index (χ0v) is 9.50. The molecular formula is C13H12FNO2. The summed E-state index contributed by atoms with van der Waals surface area (Å²) in [5, 5.41) is 0.517. The zero-order valence-electron chi connectivity index (χ0n) is 9.50. The van der Waals surface area contributed by atoms with Gasteiger partial charge in [0.2, 0.25) is 0 Å². The lowest BCUT2D eigenvalue weighted by molar-refractivity contribution is 0.0515. The normalized spacial score (nSPS) is 13.3. The first-order valence-electron chi connectivity index (χ1n) is 5.70. The van der Waals surface area contributed by atoms with Gasteiger partial charge >= 0.3 is 5.97 Å². The maximum absolute atomic E-state index is 13.7. The van der Waals surface area contributed by atoms with Gasteiger partial charge in [-0.15, -0.1) is 0 Å². The van der Waals surface area contributed by atoms with E-state index in [-0.39, 0.29) is 11.8 Å². The van der Waals surface area contributed by atoms with Crippen LogP contribution in [0.1, 0.15) is 23.0 Å². The van der Waals surface area contributed by atoms with Crippen LogP contribution in [0.5, 0.6) is 0 Å². The maximum atomic E-state index is 13.7. The fraction of sp³-hybridized carbons (Fsp3) is 0.308. The molecule has 0 amide bonds. The number of rotatable bonds is 2. The first kappa shape index (κ1) is 10.3. The minimum atomic E-state index is -0.379. The second-order valence-electron chi connectivity index (χ2n) is 4.12. The standard InChI is InChI=1S/C13H12FNO2/c1-2-17-13(16)11-7-9-10(14)4-3-8-5-6-15(11)12(8)9/h3-4,7H,2,5-6H2,1H3. The molecule has 1 aliphatic heterocycles. The van der Waals surface area contributed by atoms with E-state index in [1.807, 2.05) is 4.57 Å². The summed E-state index contributed by atoms with van der Waals surface area (Å²) in [5.74, 6) is -0.661. The number of aryl methyl sites for hydroxylation is 2. The summed E-state index contributed by atoms with van der Waals surface area (Å²) in [4.78, 5) is 11.8. The van der Waals surface area contributed by atoms with Crippen LogP contribution in [0.15, 0.2) is 18.2 Å². The Morgan fingerprint density at radius 1 is 1.53 bits per heavy atom. The number of hydrogen-bond donors (Lipinski definition) is 0. The van der Waals surface area contributed by atoms with Crippen LogP contribution in [0.25, 0.3) is 10.9 Å². The highest BCUT2D eigenvalue weighted by Crippen LogP contribution is 2.31. The summed E-state index contributed by atoms with van der Waals surface area (Å²) in [6.07, 6.45) is 0.847. The third-order valence-electron chi connectivity index (χ3n) is 3.18. The molecule has 17 heavy (non-hydrogen) atoms. The van der Waals surface area contributed by atoms with Crippen LogP contribution < -0.4 is 0 Å². The van der Waals surface area contributed by atoms with Gasteiger partial charge in [0, 0.05) is 11.9 Å². The fourth-order valence-electron chi connectivity index (χ4n) is 2.46. The van der Waals surface area contributed by atoms with Crippen molar-refractivity contribution in [1.29, 1.82) is 0 Å². The Morgan fingerprint density at radius 3 is 3.12 bits per heavy atom. The fourth-order valence-corrected chi connectivity index (χ4v) is 2.46. The van der Waals surface area contributed by atoms with Crippen molar-refractivity contribution in [1.82, 2.24) is 4.57 Å². The highest BCUT2D eigenvalue weighted by atomic mass is 19.1. The first-order valence-corrected chi connectivity index (χ1v) is 5.70. The van der Waals surface area contributed by atoms with E-state index in [0.717, 1.165) is 24.0 Å². The van der Waals surface area contributed by atoms with E-state index in [0.29, 0.717) is 17.7 Å². The van der Waals surface area contributed by atoms with Gasteiger partial charge in [-0.2, -0.15) is 0 Å². The zero-order chi connectivity index (χ0) is 12.0. The minimum Gasteiger partial charge on any atom is -0.461 e. The van der Waals surface area contributed by atoms with Crippen LogP contribution in [-0.2, 0) is 17.7 Å². The molecule has 0 radical (unpaired) electrons. The molecule has 2 aromatic rings. The Kier molecular flexibility index (Phi) is 2.18. The number of benzene rings is 1. The van der Waals surface area contributed by atoms with Crippen LogP contribution in [0.4, 0.5) is 4.39 Å². The molecule has 3 rings (SSSR count). The van der Waals surface area contributed by atoms with E-state index in [1.54, 1.807) is 19.1 Å². The second kappa shape index (κ2) is 3.58. The molecule has 1 aromatic carbocycles. The van der Waals surface area contributed by atoms with Crippen molar-refractivity contribution in [3.05, 3.63) is 35.3 Å². The van der Waals surface area contributed by atoms with Crippen molar-refractivity contribution in [3.8, 4) is 0 Å². The molecule has 0 saturated heterocycles. The number of carbonyl (C=O) groups excluding carboxylic acids is 1. The Hall–Kier alpha value is -1.84. The molecule has 1 aliphatic rings. The monoisotopic (exact) mass is 233 g/mol. The number of hydrogen-bond acceptors (Lipinski definition) is 2. The van der Waals surface area contributed by atoms with Gasteiger partial charge in [-0.25, -0.2) is 9.18 Å². The largest absolute Gasteiger partial charge is 0.461 e. The SMILES string of the molecule is CCOC(=O)c1cc2c(F)ccc3c2n1CC3. The van der Waals surface area contributed by atoms with Crippen LogP contribution in [0.2, 0.25) is 0 Å². The highest BCUT2D eigenvalue weighted by Gasteiger charge is 2.24. The van der Waals surface area contributed by atoms with Crippen molar-refractivity contribution in [3.63, 3.8) is 0 Å². The summed E-state index contributed by atoms with van der Waals surface area (Å²) >= 11 is 0. The van der Waals surface area contributed by atoms with Crippen LogP contribution >= 0.6 is 0 Å². The summed E-state index contributed by atoms with van der Waals surface area (Å²) in [6.45, 7) is 2.81. The van der Waals surface area contributed by atoms with E-state index in [1.165, 1.54) is 6.07 Å². The van der Waals surface area contributed by atoms with Gasteiger partial charge in [0.25, 0.3) is 0 Å². The highest BCUT2D eigenvalue weighted by molar-refractivity contribution is 5.97. The number of aromatic nitrogens is 1. The summed E-state index contributed by atoms with van der Waals surface area (Å²) < 4.78 is 20.5. The average Bonchev–Trinajstić information content (AvgIpc) is 2.87. The van der Waals surface area contributed by atoms with Crippen molar-refractivity contribution < 1.29 is 13.9 Å². The summed E-state index contributed by atoms with van der Waals surface area (Å²) in [7, 11) is 0. The summed E-state index contributed by atoms with van der Waals surface area (Å²) in [6, 6.07) is 4.84. The Bertz CT molecular complexity index is 615. The molecule has 88 valence electrons. The van der Waals surface area contributed by atoms with Crippen molar-refractivity contribution in [2.75, 3.05) is 6.61 Å². The number of halogens is 1. The number of ether oxygens (including phenoxy) is 1. The van der Waals surface area contributed by atoms with Crippen LogP contribution in [-0.4, -0.2) is 17.1 Å². The van der Waals surface area contributed by atoms with Gasteiger partial charge in [0.1, 0.15) is 11.5 Å². The van der Waals surface area contributed by atoms with E-state index in [2.05, 4.69) is 0 Å². The average molecular weight is 233 g/mol. The molecule has 2 heterocycles. The molecule has 1 aromatic heterocycles. The van der Waals surface area contributed by atoms with E-state index < -0.39 is 0 Å². The van der Waals surface area contributed by atoms with Crippen molar-refractivity contribution in [2.24, 2.45) is 0 Å². The van der Waals surface area contributed by atoms with E-state index in [4.69, 9.17) is 4.74 Å². The topological polar surface area (TPSA) is 31.2 Å². The van der Waals surface area contributed by atoms with Gasteiger partial charge in [-0.1, -0.05) is 6.07 Å². The van der Waals surface area contributed by atoms with E-state index >= 15 is 0 Å². The number of esters is 1. The third kappa shape index (κ3) is 1.37. The molecule has 0 unspecified atom stereocenters. The molecule has 0 aliphatic carbocycles. The smallest absolute Gasteiger partial charge is 0.354 e. The Balaban J connectivity index is 2.24. The van der Waals surface area contributed by atoms with Crippen LogP contribution in [0.3, 0.4) is 0 Å². The lowest BCUT2D eigenvalue weighted by atomic mass is 10.1. The molecule has 4 heteroatoms. The Morgan fingerprint density at radius 2 is 2.35 bits per heavy atom. The van der Waals surface area contributed by atoms with Crippen LogP contribution in [0, 0.1) is 5.82 Å². The quantitative estimate of drug-likeness (QED) is 0.746. The minimum absolute atomic E-state index is 0.282. The van der Waals surface area contributed by atoms with Crippen molar-refractivity contribution in [2.45, 2.75) is 19.9 Å². The third-order valence-corrected chi connectivity index (χ3v) is 3.18. The molecule has 0 saturated carbocycles. The first-order chi connectivity index (χ1) is 8.22. The molecule has 0 N–H and O–H groups in total. The molecule has 3 nitrogen and oxygen atoms in total. The lowest BCUT2D eigenvalue weighted by Gasteiger charge is -2.03. The Labute approximate surface area is 97.8 Å². The number of nitrogens with zero attached hydrogens (tertiary/aromatic N) is 1. The van der Waals surface area contributed by atoms with Gasteiger partial charge in [0.15, 0.2) is 0 Å². The van der Waals surface area contributed by atoms with Gasteiger partial charge < -0.3 is 9.30 Å². The van der Waals surface area contributed by atoms with Gasteiger partial charge in [-0.3, -0.25) is 0 Å². The predicted octanol–water partition coefficient (Wildman–Crippen LogP) is 2.51. The van der Waals surface area contributed by atoms with E-state index in [9.17, 15) is 9.18 Å². The maximum Gasteiger partial charge on any atom is 0.354 e.